The number of likely N-dealkylation sites (tertiary alicyclic amines) is 1. The molecule has 1 atom stereocenters. The number of carbonyl (C=O) groups is 1. The molecule has 0 aliphatic carbocycles. The van der Waals surface area contributed by atoms with Crippen LogP contribution in [0.5, 0.6) is 0 Å². The Morgan fingerprint density at radius 3 is 3.00 bits per heavy atom. The molecule has 0 saturated carbocycles. The summed E-state index contributed by atoms with van der Waals surface area (Å²) in [5.41, 5.74) is 1.36. The van der Waals surface area contributed by atoms with Crippen LogP contribution < -0.4 is 5.56 Å². The van der Waals surface area contributed by atoms with Crippen molar-refractivity contribution in [2.24, 2.45) is 7.05 Å². The maximum atomic E-state index is 13.5. The van der Waals surface area contributed by atoms with Gasteiger partial charge in [-0.1, -0.05) is 12.1 Å². The number of hydrogen-bond donors (Lipinski definition) is 0. The lowest BCUT2D eigenvalue weighted by Gasteiger charge is -2.31. The van der Waals surface area contributed by atoms with Crippen LogP contribution in [0.1, 0.15) is 51.2 Å². The van der Waals surface area contributed by atoms with E-state index in [2.05, 4.69) is 9.97 Å². The number of aryl methyl sites for hydroxylation is 2. The van der Waals surface area contributed by atoms with Gasteiger partial charge >= 0.3 is 0 Å². The van der Waals surface area contributed by atoms with Crippen molar-refractivity contribution >= 4 is 27.5 Å². The minimum Gasteiger partial charge on any atom is -0.445 e. The molecule has 4 aromatic rings. The normalized spacial score (nSPS) is 16.5. The van der Waals surface area contributed by atoms with E-state index < -0.39 is 0 Å². The first-order valence-electron chi connectivity index (χ1n) is 10.8. The maximum absolute atomic E-state index is 13.5. The number of fused-ring (bicyclic) bond motifs is 1. The lowest BCUT2D eigenvalue weighted by atomic mass is 9.97. The smallest absolute Gasteiger partial charge is 0.264 e. The highest BCUT2D eigenvalue weighted by Gasteiger charge is 2.30. The molecule has 0 unspecified atom stereocenters. The van der Waals surface area contributed by atoms with E-state index in [-0.39, 0.29) is 23.2 Å². The van der Waals surface area contributed by atoms with Crippen LogP contribution in [-0.2, 0) is 13.5 Å². The Kier molecular flexibility index (Phi) is 5.57. The third-order valence-corrected chi connectivity index (χ3v) is 7.29. The Balaban J connectivity index is 1.34. The third-order valence-electron chi connectivity index (χ3n) is 6.10. The molecule has 0 radical (unpaired) electrons. The molecular weight excluding hydrogens is 443 g/mol. The first-order chi connectivity index (χ1) is 15.9. The fraction of sp³-hybridized carbons (Fsp3) is 0.333. The zero-order chi connectivity index (χ0) is 23.1. The van der Waals surface area contributed by atoms with Crippen molar-refractivity contribution in [2.75, 3.05) is 13.1 Å². The van der Waals surface area contributed by atoms with Crippen molar-refractivity contribution in [3.8, 4) is 0 Å². The van der Waals surface area contributed by atoms with Gasteiger partial charge in [-0.05, 0) is 43.0 Å². The number of rotatable bonds is 4. The second-order valence-corrected chi connectivity index (χ2v) is 9.46. The van der Waals surface area contributed by atoms with Crippen molar-refractivity contribution in [2.45, 2.75) is 32.1 Å². The first kappa shape index (κ1) is 21.5. The first-order valence-corrected chi connectivity index (χ1v) is 11.7. The van der Waals surface area contributed by atoms with E-state index in [1.54, 1.807) is 19.3 Å². The summed E-state index contributed by atoms with van der Waals surface area (Å²) in [6.07, 6.45) is 5.33. The van der Waals surface area contributed by atoms with Crippen molar-refractivity contribution in [3.63, 3.8) is 0 Å². The number of benzene rings is 1. The van der Waals surface area contributed by atoms with Gasteiger partial charge in [-0.25, -0.2) is 14.4 Å². The monoisotopic (exact) mass is 466 g/mol. The second-order valence-electron chi connectivity index (χ2n) is 8.46. The molecule has 9 heteroatoms. The van der Waals surface area contributed by atoms with Gasteiger partial charge in [0.15, 0.2) is 5.89 Å². The topological polar surface area (TPSA) is 81.2 Å². The van der Waals surface area contributed by atoms with E-state index in [0.29, 0.717) is 51.8 Å². The Hall–Kier alpha value is -3.33. The molecule has 0 spiro atoms. The summed E-state index contributed by atoms with van der Waals surface area (Å²) in [4.78, 5) is 37.6. The molecule has 1 aliphatic heterocycles. The number of oxazole rings is 1. The van der Waals surface area contributed by atoms with Crippen LogP contribution in [0.25, 0.3) is 10.2 Å². The van der Waals surface area contributed by atoms with Gasteiger partial charge in [0.2, 0.25) is 0 Å². The van der Waals surface area contributed by atoms with Crippen LogP contribution in [0, 0.1) is 12.7 Å². The number of aromatic nitrogens is 3. The summed E-state index contributed by atoms with van der Waals surface area (Å²) in [6, 6.07) is 6.42. The lowest BCUT2D eigenvalue weighted by molar-refractivity contribution is 0.0702. The van der Waals surface area contributed by atoms with E-state index in [0.717, 1.165) is 18.4 Å². The summed E-state index contributed by atoms with van der Waals surface area (Å²) in [5, 5.41) is 0.511. The Morgan fingerprint density at radius 1 is 1.33 bits per heavy atom. The molecule has 0 N–H and O–H groups in total. The fourth-order valence-electron chi connectivity index (χ4n) is 4.36. The molecular formula is C24H23FN4O3S. The summed E-state index contributed by atoms with van der Waals surface area (Å²) in [7, 11) is 1.65. The zero-order valence-corrected chi connectivity index (χ0v) is 19.2. The van der Waals surface area contributed by atoms with Gasteiger partial charge in [-0.2, -0.15) is 0 Å². The molecule has 3 aromatic heterocycles. The van der Waals surface area contributed by atoms with E-state index in [4.69, 9.17) is 4.42 Å². The van der Waals surface area contributed by atoms with E-state index >= 15 is 0 Å². The Bertz CT molecular complexity index is 1410. The number of amides is 1. The average Bonchev–Trinajstić information content (AvgIpc) is 3.41. The van der Waals surface area contributed by atoms with Gasteiger partial charge in [0.1, 0.15) is 16.4 Å². The van der Waals surface area contributed by atoms with E-state index in [1.165, 1.54) is 34.4 Å². The van der Waals surface area contributed by atoms with Crippen LogP contribution in [-0.4, -0.2) is 38.4 Å². The predicted octanol–water partition coefficient (Wildman–Crippen LogP) is 4.04. The summed E-state index contributed by atoms with van der Waals surface area (Å²) < 4.78 is 20.9. The highest BCUT2D eigenvalue weighted by atomic mass is 32.1. The SMILES string of the molecule is Cc1c(C(=O)N2CCC[C@@H](c3ncc(Cc4cccc(F)c4)o3)C2)sc2ncn(C)c(=O)c12. The lowest BCUT2D eigenvalue weighted by Crippen LogP contribution is -2.39. The molecule has 4 heterocycles. The largest absolute Gasteiger partial charge is 0.445 e. The molecule has 7 nitrogen and oxygen atoms in total. The predicted molar refractivity (Wildman–Crippen MR) is 123 cm³/mol. The van der Waals surface area contributed by atoms with Crippen LogP contribution >= 0.6 is 11.3 Å². The molecule has 1 fully saturated rings. The molecule has 0 bridgehead atoms. The van der Waals surface area contributed by atoms with Crippen LogP contribution in [0.3, 0.4) is 0 Å². The molecule has 5 rings (SSSR count). The number of carbonyl (C=O) groups excluding carboxylic acids is 1. The molecule has 1 amide bonds. The average molecular weight is 467 g/mol. The fourth-order valence-corrected chi connectivity index (χ4v) is 5.47. The molecule has 170 valence electrons. The van der Waals surface area contributed by atoms with Gasteiger partial charge in [0, 0.05) is 26.6 Å². The number of hydrogen-bond acceptors (Lipinski definition) is 6. The Labute approximate surface area is 193 Å². The highest BCUT2D eigenvalue weighted by Crippen LogP contribution is 2.32. The minimum atomic E-state index is -0.279. The molecule has 1 aliphatic rings. The number of nitrogens with zero attached hydrogens (tertiary/aromatic N) is 4. The van der Waals surface area contributed by atoms with Crippen LogP contribution in [0.4, 0.5) is 4.39 Å². The highest BCUT2D eigenvalue weighted by molar-refractivity contribution is 7.20. The third kappa shape index (κ3) is 4.08. The zero-order valence-electron chi connectivity index (χ0n) is 18.4. The summed E-state index contributed by atoms with van der Waals surface area (Å²) in [5.74, 6) is 0.889. The van der Waals surface area contributed by atoms with Gasteiger partial charge in [0.05, 0.1) is 28.7 Å². The maximum Gasteiger partial charge on any atom is 0.264 e. The molecule has 1 saturated heterocycles. The van der Waals surface area contributed by atoms with Gasteiger partial charge in [-0.15, -0.1) is 11.3 Å². The Morgan fingerprint density at radius 2 is 2.18 bits per heavy atom. The minimum absolute atomic E-state index is 0.00959. The molecule has 33 heavy (non-hydrogen) atoms. The number of thiophene rings is 1. The van der Waals surface area contributed by atoms with Crippen molar-refractivity contribution in [1.82, 2.24) is 19.4 Å². The van der Waals surface area contributed by atoms with Crippen LogP contribution in [0.15, 0.2) is 46.0 Å². The van der Waals surface area contributed by atoms with Crippen LogP contribution in [0.2, 0.25) is 0 Å². The van der Waals surface area contributed by atoms with E-state index in [9.17, 15) is 14.0 Å². The number of piperidine rings is 1. The van der Waals surface area contributed by atoms with Gasteiger partial charge < -0.3 is 13.9 Å². The summed E-state index contributed by atoms with van der Waals surface area (Å²) >= 11 is 1.27. The van der Waals surface area contributed by atoms with Crippen molar-refractivity contribution < 1.29 is 13.6 Å². The number of halogens is 1. The van der Waals surface area contributed by atoms with Crippen molar-refractivity contribution in [1.29, 1.82) is 0 Å². The molecule has 1 aromatic carbocycles. The van der Waals surface area contributed by atoms with Gasteiger partial charge in [0.25, 0.3) is 11.5 Å². The second kappa shape index (κ2) is 8.55. The quantitative estimate of drug-likeness (QED) is 0.453. The van der Waals surface area contributed by atoms with E-state index in [1.807, 2.05) is 17.9 Å². The summed E-state index contributed by atoms with van der Waals surface area (Å²) in [6.45, 7) is 2.95. The standard InChI is InChI=1S/C24H23FN4O3S/c1-14-19-22(27-13-28(2)23(19)30)33-20(14)24(31)29-8-4-6-16(12-29)21-26-11-18(32-21)10-15-5-3-7-17(25)9-15/h3,5,7,9,11,13,16H,4,6,8,10,12H2,1-2H3/t16-/m1/s1. The van der Waals surface area contributed by atoms with Crippen molar-refractivity contribution in [3.05, 3.63) is 80.6 Å². The van der Waals surface area contributed by atoms with Gasteiger partial charge in [-0.3, -0.25) is 9.59 Å².